The third-order valence-corrected chi connectivity index (χ3v) is 18.4. The molecule has 7 rings (SSSR count). The van der Waals surface area contributed by atoms with Crippen LogP contribution in [0.25, 0.3) is 0 Å². The molecule has 0 aromatic rings. The number of carbonyl (C=O) groups excluding carboxylic acids is 1. The van der Waals surface area contributed by atoms with Crippen molar-refractivity contribution in [1.82, 2.24) is 0 Å². The van der Waals surface area contributed by atoms with Crippen LogP contribution in [0.5, 0.6) is 0 Å². The van der Waals surface area contributed by atoms with Gasteiger partial charge in [-0.25, -0.2) is 0 Å². The SMILES string of the molecule is CC(CCC(OC1OC(COC2OC(CO)C(O)C(O)C2O)C(O)C(O)C1OC1OC(CO)C(O)C(O)C1O)C(C)(C)O)C1CCC2(C)C3CC=C4C(CCC(=O)C4(C)C)C3(C)C(O)CC12C. The van der Waals surface area contributed by atoms with Crippen LogP contribution in [0.3, 0.4) is 0 Å². The summed E-state index contributed by atoms with van der Waals surface area (Å²) in [5.41, 5.74) is -1.70. The molecule has 3 saturated carbocycles. The van der Waals surface area contributed by atoms with Gasteiger partial charge in [0, 0.05) is 17.3 Å². The number of allylic oxidation sites excluding steroid dienone is 2. The van der Waals surface area contributed by atoms with E-state index < -0.39 is 141 Å². The maximum Gasteiger partial charge on any atom is 0.187 e. The molecular formula is C48H80O19. The molecule has 12 N–H and O–H groups in total. The second-order valence-electron chi connectivity index (χ2n) is 22.8. The van der Waals surface area contributed by atoms with Gasteiger partial charge in [-0.3, -0.25) is 4.79 Å². The Kier molecular flexibility index (Phi) is 15.7. The zero-order chi connectivity index (χ0) is 49.5. The fourth-order valence-corrected chi connectivity index (χ4v) is 13.9. The highest BCUT2D eigenvalue weighted by molar-refractivity contribution is 5.88. The van der Waals surface area contributed by atoms with Crippen LogP contribution in [0.2, 0.25) is 0 Å². The van der Waals surface area contributed by atoms with Gasteiger partial charge in [0.25, 0.3) is 0 Å². The quantitative estimate of drug-likeness (QED) is 0.0944. The number of hydrogen-bond donors (Lipinski definition) is 12. The van der Waals surface area contributed by atoms with E-state index in [2.05, 4.69) is 33.8 Å². The first-order valence-electron chi connectivity index (χ1n) is 24.4. The van der Waals surface area contributed by atoms with Crippen molar-refractivity contribution < 1.29 is 94.5 Å². The van der Waals surface area contributed by atoms with Crippen LogP contribution in [0.4, 0.5) is 0 Å². The Balaban J connectivity index is 1.10. The molecule has 24 unspecified atom stereocenters. The molecule has 4 aliphatic carbocycles. The Bertz CT molecular complexity index is 1750. The predicted molar refractivity (Wildman–Crippen MR) is 234 cm³/mol. The molecule has 0 amide bonds. The van der Waals surface area contributed by atoms with Gasteiger partial charge in [0.15, 0.2) is 18.9 Å². The zero-order valence-electron chi connectivity index (χ0n) is 40.2. The normalized spacial score (nSPS) is 49.9. The van der Waals surface area contributed by atoms with Crippen LogP contribution >= 0.6 is 0 Å². The van der Waals surface area contributed by atoms with E-state index in [1.54, 1.807) is 13.8 Å². The van der Waals surface area contributed by atoms with Gasteiger partial charge in [0.2, 0.25) is 0 Å². The van der Waals surface area contributed by atoms with Crippen LogP contribution in [0, 0.1) is 45.3 Å². The highest BCUT2D eigenvalue weighted by Crippen LogP contribution is 2.75. The molecule has 7 aliphatic rings. The maximum absolute atomic E-state index is 13.1. The van der Waals surface area contributed by atoms with Crippen LogP contribution in [0.15, 0.2) is 11.6 Å². The fourth-order valence-electron chi connectivity index (χ4n) is 13.9. The van der Waals surface area contributed by atoms with Crippen LogP contribution in [-0.2, 0) is 33.2 Å². The molecule has 6 fully saturated rings. The fraction of sp³-hybridized carbons (Fsp3) is 0.938. The summed E-state index contributed by atoms with van der Waals surface area (Å²) in [5.74, 6) is 0.814. The van der Waals surface area contributed by atoms with E-state index >= 15 is 0 Å². The first-order chi connectivity index (χ1) is 31.2. The first kappa shape index (κ1) is 53.5. The van der Waals surface area contributed by atoms with Crippen LogP contribution in [0.1, 0.15) is 107 Å². The topological polar surface area (TPSA) is 315 Å². The number of carbonyl (C=O) groups is 1. The average molecular weight is 961 g/mol. The van der Waals surface area contributed by atoms with Gasteiger partial charge in [-0.1, -0.05) is 39.3 Å². The van der Waals surface area contributed by atoms with Gasteiger partial charge < -0.3 is 89.7 Å². The molecular weight excluding hydrogens is 881 g/mol. The van der Waals surface area contributed by atoms with E-state index in [0.29, 0.717) is 19.3 Å². The Morgan fingerprint density at radius 1 is 0.731 bits per heavy atom. The van der Waals surface area contributed by atoms with Gasteiger partial charge in [0.05, 0.1) is 37.6 Å². The Hall–Kier alpha value is -1.31. The third kappa shape index (κ3) is 9.15. The average Bonchev–Trinajstić information content (AvgIpc) is 3.54. The maximum atomic E-state index is 13.1. The van der Waals surface area contributed by atoms with Crippen molar-refractivity contribution >= 4 is 5.78 Å². The largest absolute Gasteiger partial charge is 0.394 e. The van der Waals surface area contributed by atoms with E-state index in [0.717, 1.165) is 25.7 Å². The summed E-state index contributed by atoms with van der Waals surface area (Å²) in [6.07, 6.45) is -19.3. The molecule has 0 bridgehead atoms. The van der Waals surface area contributed by atoms with E-state index in [-0.39, 0.29) is 46.7 Å². The minimum atomic E-state index is -1.90. The van der Waals surface area contributed by atoms with E-state index in [4.69, 9.17) is 28.4 Å². The van der Waals surface area contributed by atoms with Crippen molar-refractivity contribution in [2.24, 2.45) is 45.3 Å². The Morgan fingerprint density at radius 2 is 1.30 bits per heavy atom. The van der Waals surface area contributed by atoms with Gasteiger partial charge >= 0.3 is 0 Å². The molecule has 3 heterocycles. The molecule has 24 atom stereocenters. The van der Waals surface area contributed by atoms with Gasteiger partial charge in [-0.2, -0.15) is 0 Å². The second kappa shape index (κ2) is 19.6. The van der Waals surface area contributed by atoms with Crippen molar-refractivity contribution in [1.29, 1.82) is 0 Å². The molecule has 19 heteroatoms. The monoisotopic (exact) mass is 961 g/mol. The van der Waals surface area contributed by atoms with Gasteiger partial charge in [0.1, 0.15) is 79.0 Å². The standard InChI is InChI=1S/C48H80O19/c1-21(22-15-16-46(6)28-12-10-23-24(11-13-29(51)44(23,2)3)48(28,8)30(52)17-47(22,46)7)9-14-31(45(4,5)61)66-43-40(67-42-39(60)36(57)33(54)26(19-50)64-42)37(58)34(55)27(65-43)20-62-41-38(59)35(56)32(53)25(18-49)63-41/h10,21-22,24-28,30-43,49-50,52-61H,9,11-20H2,1-8H3. The number of ketones is 1. The lowest BCUT2D eigenvalue weighted by atomic mass is 9.38. The smallest absolute Gasteiger partial charge is 0.187 e. The Labute approximate surface area is 393 Å². The summed E-state index contributed by atoms with van der Waals surface area (Å²) in [6.45, 7) is 14.2. The lowest BCUT2D eigenvalue weighted by molar-refractivity contribution is -0.380. The summed E-state index contributed by atoms with van der Waals surface area (Å²) in [5, 5.41) is 130. The molecule has 0 aromatic heterocycles. The first-order valence-corrected chi connectivity index (χ1v) is 24.4. The Morgan fingerprint density at radius 3 is 1.90 bits per heavy atom. The van der Waals surface area contributed by atoms with Crippen LogP contribution < -0.4 is 0 Å². The van der Waals surface area contributed by atoms with Gasteiger partial charge in [-0.15, -0.1) is 0 Å². The molecule has 19 nitrogen and oxygen atoms in total. The summed E-state index contributed by atoms with van der Waals surface area (Å²) in [4.78, 5) is 13.1. The number of Topliss-reactive ketones (excluding diaryl/α,β-unsaturated/α-hetero) is 1. The number of hydrogen-bond acceptors (Lipinski definition) is 19. The highest BCUT2D eigenvalue weighted by Gasteiger charge is 2.70. The van der Waals surface area contributed by atoms with Crippen molar-refractivity contribution in [3.05, 3.63) is 11.6 Å². The third-order valence-electron chi connectivity index (χ3n) is 18.4. The predicted octanol–water partition coefficient (Wildman–Crippen LogP) is -0.848. The minimum absolute atomic E-state index is 0.0679. The number of ether oxygens (including phenoxy) is 6. The molecule has 67 heavy (non-hydrogen) atoms. The summed E-state index contributed by atoms with van der Waals surface area (Å²) < 4.78 is 35.4. The van der Waals surface area contributed by atoms with Crippen molar-refractivity contribution in [2.75, 3.05) is 19.8 Å². The number of aliphatic hydroxyl groups is 12. The molecule has 0 aromatic carbocycles. The van der Waals surface area contributed by atoms with E-state index in [1.807, 2.05) is 13.8 Å². The van der Waals surface area contributed by atoms with E-state index in [9.17, 15) is 66.1 Å². The molecule has 0 spiro atoms. The number of rotatable bonds is 14. The van der Waals surface area contributed by atoms with Crippen molar-refractivity contribution in [2.45, 2.75) is 217 Å². The number of aliphatic hydroxyl groups excluding tert-OH is 11. The molecule has 0 radical (unpaired) electrons. The van der Waals surface area contributed by atoms with Crippen molar-refractivity contribution in [3.63, 3.8) is 0 Å². The lowest BCUT2D eigenvalue weighted by Gasteiger charge is -2.67. The highest BCUT2D eigenvalue weighted by atomic mass is 16.8. The summed E-state index contributed by atoms with van der Waals surface area (Å²) >= 11 is 0. The summed E-state index contributed by atoms with van der Waals surface area (Å²) in [7, 11) is 0. The van der Waals surface area contributed by atoms with E-state index in [1.165, 1.54) is 5.57 Å². The summed E-state index contributed by atoms with van der Waals surface area (Å²) in [6, 6.07) is 0. The minimum Gasteiger partial charge on any atom is -0.394 e. The number of fused-ring (bicyclic) bond motifs is 5. The zero-order valence-corrected chi connectivity index (χ0v) is 40.2. The lowest BCUT2D eigenvalue weighted by Crippen LogP contribution is -2.65. The van der Waals surface area contributed by atoms with Crippen LogP contribution in [-0.4, -0.2) is 197 Å². The van der Waals surface area contributed by atoms with Crippen molar-refractivity contribution in [3.8, 4) is 0 Å². The second-order valence-corrected chi connectivity index (χ2v) is 22.8. The van der Waals surface area contributed by atoms with Gasteiger partial charge in [-0.05, 0) is 107 Å². The molecule has 3 saturated heterocycles. The molecule has 386 valence electrons. The molecule has 3 aliphatic heterocycles.